The van der Waals surface area contributed by atoms with Gasteiger partial charge in [-0.1, -0.05) is 231 Å². The van der Waals surface area contributed by atoms with Crippen molar-refractivity contribution < 1.29 is 0 Å². The fraction of sp³-hybridized carbons (Fsp3) is 0.0137. The quantitative estimate of drug-likeness (QED) is 0.135. The van der Waals surface area contributed by atoms with Crippen LogP contribution in [-0.2, 0) is 5.41 Å². The highest BCUT2D eigenvalue weighted by Crippen LogP contribution is 2.63. The Morgan fingerprint density at radius 2 is 0.400 bits per heavy atom. The molecule has 12 aromatic rings. The van der Waals surface area contributed by atoms with Crippen molar-refractivity contribution in [2.45, 2.75) is 5.41 Å². The molecular formula is C73H50N2. The van der Waals surface area contributed by atoms with Gasteiger partial charge >= 0.3 is 0 Å². The number of anilines is 6. The van der Waals surface area contributed by atoms with E-state index in [0.717, 1.165) is 45.3 Å². The molecule has 0 aliphatic heterocycles. The van der Waals surface area contributed by atoms with E-state index in [9.17, 15) is 0 Å². The Balaban J connectivity index is 0.833. The lowest BCUT2D eigenvalue weighted by Crippen LogP contribution is -2.25. The molecule has 0 unspecified atom stereocenters. The van der Waals surface area contributed by atoms with Gasteiger partial charge in [0.05, 0.1) is 5.41 Å². The molecule has 1 spiro atoms. The largest absolute Gasteiger partial charge is 0.311 e. The zero-order valence-electron chi connectivity index (χ0n) is 41.3. The first kappa shape index (κ1) is 44.0. The van der Waals surface area contributed by atoms with E-state index >= 15 is 0 Å². The third-order valence-electron chi connectivity index (χ3n) is 15.5. The van der Waals surface area contributed by atoms with E-state index in [-0.39, 0.29) is 0 Å². The monoisotopic (exact) mass is 954 g/mol. The van der Waals surface area contributed by atoms with Crippen LogP contribution in [-0.4, -0.2) is 0 Å². The molecule has 0 saturated carbocycles. The van der Waals surface area contributed by atoms with E-state index in [0.29, 0.717) is 0 Å². The number of fused-ring (bicyclic) bond motifs is 10. The van der Waals surface area contributed by atoms with Crippen molar-refractivity contribution >= 4 is 34.1 Å². The van der Waals surface area contributed by atoms with Crippen LogP contribution in [0.15, 0.2) is 303 Å². The van der Waals surface area contributed by atoms with Crippen molar-refractivity contribution in [1.82, 2.24) is 0 Å². The molecule has 2 aliphatic rings. The van der Waals surface area contributed by atoms with Gasteiger partial charge in [-0.2, -0.15) is 0 Å². The van der Waals surface area contributed by atoms with Gasteiger partial charge in [-0.05, 0) is 162 Å². The summed E-state index contributed by atoms with van der Waals surface area (Å²) in [6.45, 7) is 0. The predicted molar refractivity (Wildman–Crippen MR) is 314 cm³/mol. The third kappa shape index (κ3) is 7.49. The van der Waals surface area contributed by atoms with Crippen molar-refractivity contribution in [2.24, 2.45) is 0 Å². The molecule has 12 aromatic carbocycles. The highest BCUT2D eigenvalue weighted by Gasteiger charge is 2.51. The summed E-state index contributed by atoms with van der Waals surface area (Å²) in [7, 11) is 0. The molecule has 2 aliphatic carbocycles. The molecular weight excluding hydrogens is 905 g/mol. The zero-order chi connectivity index (χ0) is 49.7. The SMILES string of the molecule is c1ccc(-c2ccc(N(c3ccc(-c4ccccc4)cc3)c3ccc(-c4ccc(N(c5ccc(-c6ccccc6)cc5)c5ccc6c(c5)-c5ccccc5C65c6ccccc6-c6ccccc65)cc4)cc3)cc2)cc1. The van der Waals surface area contributed by atoms with Crippen molar-refractivity contribution in [3.8, 4) is 66.8 Å². The minimum atomic E-state index is -0.395. The van der Waals surface area contributed by atoms with Crippen LogP contribution in [0, 0.1) is 0 Å². The second-order valence-electron chi connectivity index (χ2n) is 19.6. The zero-order valence-corrected chi connectivity index (χ0v) is 41.3. The van der Waals surface area contributed by atoms with Crippen molar-refractivity contribution in [3.63, 3.8) is 0 Å². The lowest BCUT2D eigenvalue weighted by Gasteiger charge is -2.31. The van der Waals surface area contributed by atoms with Gasteiger partial charge in [0.25, 0.3) is 0 Å². The summed E-state index contributed by atoms with van der Waals surface area (Å²) < 4.78 is 0. The minimum Gasteiger partial charge on any atom is -0.311 e. The average Bonchev–Trinajstić information content (AvgIpc) is 4.09. The van der Waals surface area contributed by atoms with Crippen LogP contribution >= 0.6 is 0 Å². The highest BCUT2D eigenvalue weighted by atomic mass is 15.1. The maximum atomic E-state index is 2.43. The second kappa shape index (κ2) is 18.4. The molecule has 0 atom stereocenters. The molecule has 0 radical (unpaired) electrons. The van der Waals surface area contributed by atoms with Crippen LogP contribution < -0.4 is 9.80 Å². The topological polar surface area (TPSA) is 6.48 Å². The van der Waals surface area contributed by atoms with Crippen molar-refractivity contribution in [2.75, 3.05) is 9.80 Å². The molecule has 14 rings (SSSR count). The van der Waals surface area contributed by atoms with Crippen LogP contribution in [0.1, 0.15) is 22.3 Å². The fourth-order valence-corrected chi connectivity index (χ4v) is 12.0. The van der Waals surface area contributed by atoms with Crippen molar-refractivity contribution in [3.05, 3.63) is 326 Å². The lowest BCUT2D eigenvalue weighted by molar-refractivity contribution is 0.794. The van der Waals surface area contributed by atoms with Gasteiger partial charge in [0.15, 0.2) is 0 Å². The third-order valence-corrected chi connectivity index (χ3v) is 15.5. The summed E-state index contributed by atoms with van der Waals surface area (Å²) in [6.07, 6.45) is 0. The molecule has 2 nitrogen and oxygen atoms in total. The molecule has 0 amide bonds. The Morgan fingerprint density at radius 3 is 0.720 bits per heavy atom. The number of hydrogen-bond acceptors (Lipinski definition) is 2. The first-order valence-corrected chi connectivity index (χ1v) is 25.9. The normalized spacial score (nSPS) is 12.4. The Kier molecular flexibility index (Phi) is 10.8. The standard InChI is InChI=1S/C73H50N2/c1-4-16-51(17-5-1)54-28-38-59(39-29-54)74(60-40-30-55(31-41-60)52-18-6-2-7-19-52)61-42-34-57(35-43-61)58-36-46-63(47-37-58)75(62-44-32-56(33-45-62)53-20-8-3-9-21-53)64-48-49-72-68(50-64)67-24-12-15-27-71(67)73(72)69-25-13-10-22-65(69)66-23-11-14-26-70(66)73/h1-50H. The molecule has 0 bridgehead atoms. The fourth-order valence-electron chi connectivity index (χ4n) is 12.0. The Morgan fingerprint density at radius 1 is 0.173 bits per heavy atom. The van der Waals surface area contributed by atoms with Gasteiger partial charge in [0, 0.05) is 34.1 Å². The smallest absolute Gasteiger partial charge is 0.0725 e. The molecule has 0 saturated heterocycles. The molecule has 0 aromatic heterocycles. The maximum absolute atomic E-state index is 2.43. The van der Waals surface area contributed by atoms with Gasteiger partial charge < -0.3 is 9.80 Å². The summed E-state index contributed by atoms with van der Waals surface area (Å²) in [6, 6.07) is 111. The van der Waals surface area contributed by atoms with Gasteiger partial charge in [-0.15, -0.1) is 0 Å². The van der Waals surface area contributed by atoms with Gasteiger partial charge in [0.2, 0.25) is 0 Å². The maximum Gasteiger partial charge on any atom is 0.0725 e. The van der Waals surface area contributed by atoms with Crippen molar-refractivity contribution in [1.29, 1.82) is 0 Å². The second-order valence-corrected chi connectivity index (χ2v) is 19.6. The lowest BCUT2D eigenvalue weighted by atomic mass is 9.70. The average molecular weight is 955 g/mol. The van der Waals surface area contributed by atoms with E-state index in [4.69, 9.17) is 0 Å². The van der Waals surface area contributed by atoms with Gasteiger partial charge in [-0.3, -0.25) is 0 Å². The molecule has 0 heterocycles. The number of benzene rings is 12. The number of rotatable bonds is 10. The molecule has 75 heavy (non-hydrogen) atoms. The molecule has 0 N–H and O–H groups in total. The summed E-state index contributed by atoms with van der Waals surface area (Å²) in [5.74, 6) is 0. The van der Waals surface area contributed by atoms with Crippen LogP contribution in [0.2, 0.25) is 0 Å². The highest BCUT2D eigenvalue weighted by molar-refractivity contribution is 5.97. The van der Waals surface area contributed by atoms with E-state index in [1.165, 1.54) is 77.9 Å². The van der Waals surface area contributed by atoms with Gasteiger partial charge in [-0.25, -0.2) is 0 Å². The molecule has 352 valence electrons. The Labute approximate surface area is 439 Å². The first-order valence-electron chi connectivity index (χ1n) is 25.9. The van der Waals surface area contributed by atoms with Crippen LogP contribution in [0.4, 0.5) is 34.1 Å². The summed E-state index contributed by atoms with van der Waals surface area (Å²) in [5.41, 5.74) is 26.2. The first-order chi connectivity index (χ1) is 37.2. The van der Waals surface area contributed by atoms with Crippen LogP contribution in [0.5, 0.6) is 0 Å². The minimum absolute atomic E-state index is 0.395. The van der Waals surface area contributed by atoms with Crippen LogP contribution in [0.25, 0.3) is 66.8 Å². The Bertz CT molecular complexity index is 3870. The summed E-state index contributed by atoms with van der Waals surface area (Å²) in [4.78, 5) is 4.76. The van der Waals surface area contributed by atoms with E-state index < -0.39 is 5.41 Å². The number of nitrogens with zero attached hydrogens (tertiary/aromatic N) is 2. The number of hydrogen-bond donors (Lipinski definition) is 0. The van der Waals surface area contributed by atoms with E-state index in [1.54, 1.807) is 0 Å². The molecule has 0 fully saturated rings. The predicted octanol–water partition coefficient (Wildman–Crippen LogP) is 19.6. The molecule has 2 heteroatoms. The van der Waals surface area contributed by atoms with Crippen LogP contribution in [0.3, 0.4) is 0 Å². The summed E-state index contributed by atoms with van der Waals surface area (Å²) in [5, 5.41) is 0. The Hall–Kier alpha value is -9.76. The summed E-state index contributed by atoms with van der Waals surface area (Å²) >= 11 is 0. The van der Waals surface area contributed by atoms with E-state index in [1.807, 2.05) is 0 Å². The van der Waals surface area contributed by atoms with Gasteiger partial charge in [0.1, 0.15) is 0 Å². The van der Waals surface area contributed by atoms with E-state index in [2.05, 4.69) is 313 Å².